The fourth-order valence-corrected chi connectivity index (χ4v) is 3.70. The number of nitro groups is 1. The fraction of sp³-hybridized carbons (Fsp3) is 0.941. The molecule has 2 fully saturated rings. The summed E-state index contributed by atoms with van der Waals surface area (Å²) in [6, 6.07) is 0.517. The van der Waals surface area contributed by atoms with Crippen LogP contribution in [0.3, 0.4) is 0 Å². The summed E-state index contributed by atoms with van der Waals surface area (Å²) in [7, 11) is 0. The summed E-state index contributed by atoms with van der Waals surface area (Å²) in [6.07, 6.45) is 8.24. The van der Waals surface area contributed by atoms with E-state index < -0.39 is 5.03 Å². The van der Waals surface area contributed by atoms with Crippen molar-refractivity contribution in [1.29, 1.82) is 0 Å². The summed E-state index contributed by atoms with van der Waals surface area (Å²) in [5.41, 5.74) is 0. The van der Waals surface area contributed by atoms with Gasteiger partial charge in [-0.3, -0.25) is 4.90 Å². The van der Waals surface area contributed by atoms with Crippen molar-refractivity contribution in [1.82, 2.24) is 15.1 Å². The Labute approximate surface area is 150 Å². The number of guanidine groups is 1. The molecule has 8 heteroatoms. The van der Waals surface area contributed by atoms with Crippen LogP contribution < -0.4 is 5.32 Å². The van der Waals surface area contributed by atoms with Crippen molar-refractivity contribution < 1.29 is 9.77 Å². The minimum Gasteiger partial charge on any atom is -0.381 e. The highest BCUT2D eigenvalue weighted by Gasteiger charge is 2.31. The minimum absolute atomic E-state index is 0.386. The highest BCUT2D eigenvalue weighted by atomic mass is 16.7. The van der Waals surface area contributed by atoms with E-state index in [1.54, 1.807) is 0 Å². The Hall–Kier alpha value is -1.41. The van der Waals surface area contributed by atoms with Gasteiger partial charge in [0.25, 0.3) is 5.96 Å². The molecule has 0 aromatic carbocycles. The molecule has 0 radical (unpaired) electrons. The van der Waals surface area contributed by atoms with Gasteiger partial charge in [0.15, 0.2) is 5.03 Å². The molecule has 25 heavy (non-hydrogen) atoms. The standard InChI is InChI=1S/C17H33N5O3/c1-3-5-6-8-16(7-4-2)21-13-18-17(19-22(23)24)20(14-21)11-15-9-10-25-12-15/h15-16H,3-14H2,1-2H3,(H,18,19). The Morgan fingerprint density at radius 2 is 2.20 bits per heavy atom. The summed E-state index contributed by atoms with van der Waals surface area (Å²) in [6.45, 7) is 8.04. The third kappa shape index (κ3) is 6.43. The molecule has 0 aromatic rings. The van der Waals surface area contributed by atoms with Gasteiger partial charge in [-0.1, -0.05) is 39.5 Å². The van der Waals surface area contributed by atoms with Crippen LogP contribution in [0.25, 0.3) is 0 Å². The van der Waals surface area contributed by atoms with Crippen molar-refractivity contribution in [3.05, 3.63) is 10.1 Å². The van der Waals surface area contributed by atoms with Crippen molar-refractivity contribution in [3.8, 4) is 0 Å². The van der Waals surface area contributed by atoms with E-state index in [4.69, 9.17) is 4.74 Å². The Morgan fingerprint density at radius 1 is 1.36 bits per heavy atom. The molecule has 1 N–H and O–H groups in total. The van der Waals surface area contributed by atoms with Crippen molar-refractivity contribution in [3.63, 3.8) is 0 Å². The van der Waals surface area contributed by atoms with Crippen molar-refractivity contribution >= 4 is 5.96 Å². The van der Waals surface area contributed by atoms with Gasteiger partial charge in [-0.2, -0.15) is 0 Å². The number of hydrogen-bond donors (Lipinski definition) is 1. The first kappa shape index (κ1) is 19.9. The topological polar surface area (TPSA) is 83.2 Å². The highest BCUT2D eigenvalue weighted by molar-refractivity contribution is 5.79. The van der Waals surface area contributed by atoms with Gasteiger partial charge in [-0.05, 0) is 19.3 Å². The molecule has 0 bridgehead atoms. The van der Waals surface area contributed by atoms with Gasteiger partial charge in [0.2, 0.25) is 0 Å². The van der Waals surface area contributed by atoms with Crippen molar-refractivity contribution in [2.24, 2.45) is 11.0 Å². The average molecular weight is 355 g/mol. The van der Waals surface area contributed by atoms with Gasteiger partial charge >= 0.3 is 0 Å². The van der Waals surface area contributed by atoms with Crippen molar-refractivity contribution in [2.75, 3.05) is 33.1 Å². The molecule has 2 saturated heterocycles. The lowest BCUT2D eigenvalue weighted by atomic mass is 10.0. The van der Waals surface area contributed by atoms with Crippen LogP contribution in [-0.4, -0.2) is 59.9 Å². The maximum absolute atomic E-state index is 10.9. The summed E-state index contributed by atoms with van der Waals surface area (Å²) in [5.74, 6) is 0.806. The molecule has 2 unspecified atom stereocenters. The Balaban J connectivity index is 2.01. The van der Waals surface area contributed by atoms with Gasteiger partial charge in [0.05, 0.1) is 19.9 Å². The summed E-state index contributed by atoms with van der Waals surface area (Å²) in [4.78, 5) is 15.3. The zero-order chi connectivity index (χ0) is 18.1. The minimum atomic E-state index is -0.610. The van der Waals surface area contributed by atoms with E-state index in [1.165, 1.54) is 25.7 Å². The normalized spacial score (nSPS) is 24.5. The van der Waals surface area contributed by atoms with E-state index in [9.17, 15) is 10.1 Å². The number of ether oxygens (including phenoxy) is 1. The molecule has 2 rings (SSSR count). The quantitative estimate of drug-likeness (QED) is 0.368. The molecular weight excluding hydrogens is 322 g/mol. The lowest BCUT2D eigenvalue weighted by Gasteiger charge is -2.42. The SMILES string of the molecule is CCCCCC(CCC)N1CNC(=N[N+](=O)[O-])N(CC2CCOC2)C1. The second-order valence-corrected chi connectivity index (χ2v) is 7.12. The second-order valence-electron chi connectivity index (χ2n) is 7.12. The van der Waals surface area contributed by atoms with E-state index in [0.717, 1.165) is 39.0 Å². The molecule has 8 nitrogen and oxygen atoms in total. The van der Waals surface area contributed by atoms with E-state index in [1.807, 2.05) is 4.90 Å². The maximum atomic E-state index is 10.9. The Kier molecular flexibility index (Phi) is 8.40. The monoisotopic (exact) mass is 355 g/mol. The van der Waals surface area contributed by atoms with Crippen LogP contribution >= 0.6 is 0 Å². The molecule has 0 aromatic heterocycles. The van der Waals surface area contributed by atoms with Gasteiger partial charge in [0.1, 0.15) is 5.10 Å². The molecule has 0 aliphatic carbocycles. The van der Waals surface area contributed by atoms with Gasteiger partial charge in [-0.15, -0.1) is 0 Å². The average Bonchev–Trinajstić information content (AvgIpc) is 3.08. The van der Waals surface area contributed by atoms with Crippen LogP contribution in [0.4, 0.5) is 0 Å². The largest absolute Gasteiger partial charge is 0.381 e. The van der Waals surface area contributed by atoms with Gasteiger partial charge in [0, 0.05) is 25.1 Å². The molecule has 2 aliphatic heterocycles. The molecule has 0 saturated carbocycles. The van der Waals surface area contributed by atoms with Crippen molar-refractivity contribution in [2.45, 2.75) is 64.8 Å². The van der Waals surface area contributed by atoms with Gasteiger partial charge < -0.3 is 15.0 Å². The van der Waals surface area contributed by atoms with E-state index in [0.29, 0.717) is 31.3 Å². The zero-order valence-corrected chi connectivity index (χ0v) is 15.7. The van der Waals surface area contributed by atoms with Crippen LogP contribution in [0.1, 0.15) is 58.8 Å². The molecule has 144 valence electrons. The van der Waals surface area contributed by atoms with Crippen LogP contribution in [0.15, 0.2) is 5.10 Å². The predicted molar refractivity (Wildman–Crippen MR) is 97.6 cm³/mol. The first-order valence-corrected chi connectivity index (χ1v) is 9.67. The fourth-order valence-electron chi connectivity index (χ4n) is 3.70. The lowest BCUT2D eigenvalue weighted by molar-refractivity contribution is -0.486. The Morgan fingerprint density at radius 3 is 2.84 bits per heavy atom. The third-order valence-corrected chi connectivity index (χ3v) is 5.05. The third-order valence-electron chi connectivity index (χ3n) is 5.05. The van der Waals surface area contributed by atoms with E-state index in [2.05, 4.69) is 29.2 Å². The van der Waals surface area contributed by atoms with Crippen LogP contribution in [0, 0.1) is 16.0 Å². The zero-order valence-electron chi connectivity index (χ0n) is 15.7. The van der Waals surface area contributed by atoms with Crippen LogP contribution in [-0.2, 0) is 4.74 Å². The summed E-state index contributed by atoms with van der Waals surface area (Å²) >= 11 is 0. The first-order chi connectivity index (χ1) is 12.1. The predicted octanol–water partition coefficient (Wildman–Crippen LogP) is 2.44. The molecule has 2 heterocycles. The summed E-state index contributed by atoms with van der Waals surface area (Å²) in [5, 5.41) is 17.0. The van der Waals surface area contributed by atoms with E-state index >= 15 is 0 Å². The maximum Gasteiger partial charge on any atom is 0.273 e. The molecule has 2 aliphatic rings. The number of unbranched alkanes of at least 4 members (excludes halogenated alkanes) is 2. The number of hydrogen-bond acceptors (Lipinski definition) is 4. The highest BCUT2D eigenvalue weighted by Crippen LogP contribution is 2.20. The summed E-state index contributed by atoms with van der Waals surface area (Å²) < 4.78 is 5.46. The van der Waals surface area contributed by atoms with Crippen LogP contribution in [0.2, 0.25) is 0 Å². The number of nitrogens with one attached hydrogen (secondary N) is 1. The first-order valence-electron chi connectivity index (χ1n) is 9.67. The molecule has 0 amide bonds. The number of rotatable bonds is 10. The second kappa shape index (κ2) is 10.6. The number of nitrogens with zero attached hydrogens (tertiary/aromatic N) is 4. The molecule has 2 atom stereocenters. The van der Waals surface area contributed by atoms with E-state index in [-0.39, 0.29) is 0 Å². The molecule has 0 spiro atoms. The smallest absolute Gasteiger partial charge is 0.273 e. The number of hydrazone groups is 1. The lowest BCUT2D eigenvalue weighted by Crippen LogP contribution is -2.60. The van der Waals surface area contributed by atoms with Crippen LogP contribution in [0.5, 0.6) is 0 Å². The molecular formula is C17H33N5O3. The Bertz CT molecular complexity index is 440. The van der Waals surface area contributed by atoms with Gasteiger partial charge in [-0.25, -0.2) is 10.1 Å².